The molecule has 0 heterocycles. The average molecular weight is 541 g/mol. The summed E-state index contributed by atoms with van der Waals surface area (Å²) in [7, 11) is 0. The van der Waals surface area contributed by atoms with Crippen molar-refractivity contribution in [2.45, 2.75) is 13.0 Å². The molecule has 1 N–H and O–H groups in total. The molecule has 6 heteroatoms. The summed E-state index contributed by atoms with van der Waals surface area (Å²) in [6.07, 6.45) is 2.09. The molecule has 0 aliphatic heterocycles. The van der Waals surface area contributed by atoms with Gasteiger partial charge in [0.15, 0.2) is 0 Å². The summed E-state index contributed by atoms with van der Waals surface area (Å²) in [6.45, 7) is 0.449. The lowest BCUT2D eigenvalue weighted by Gasteiger charge is -2.09. The summed E-state index contributed by atoms with van der Waals surface area (Å²) in [5, 5.41) is 12.3. The lowest BCUT2D eigenvalue weighted by Crippen LogP contribution is -2.13. The first kappa shape index (κ1) is 24.9. The largest absolute Gasteiger partial charge is 0.489 e. The number of benzene rings is 4. The molecule has 0 fully saturated rings. The van der Waals surface area contributed by atoms with Crippen LogP contribution < -0.4 is 10.1 Å². The van der Waals surface area contributed by atoms with Crippen LogP contribution in [0.3, 0.4) is 0 Å². The first-order valence-electron chi connectivity index (χ1n) is 11.2. The Hall–Kier alpha value is -4.21. The number of ether oxygens (including phenoxy) is 1. The lowest BCUT2D eigenvalue weighted by atomic mass is 10.0. The van der Waals surface area contributed by atoms with Gasteiger partial charge in [0.1, 0.15) is 29.8 Å². The fraction of sp³-hybridized carbons (Fsp3) is 0.0667. The number of hydrogen-bond acceptors (Lipinski definition) is 3. The predicted molar refractivity (Wildman–Crippen MR) is 143 cm³/mol. The molecule has 0 aromatic heterocycles. The van der Waals surface area contributed by atoms with Crippen molar-refractivity contribution in [2.75, 3.05) is 5.32 Å². The molecule has 0 atom stereocenters. The highest BCUT2D eigenvalue weighted by molar-refractivity contribution is 9.10. The maximum absolute atomic E-state index is 13.5. The second-order valence-electron chi connectivity index (χ2n) is 8.08. The van der Waals surface area contributed by atoms with Crippen LogP contribution in [0.2, 0.25) is 0 Å². The van der Waals surface area contributed by atoms with Gasteiger partial charge >= 0.3 is 0 Å². The Bertz CT molecular complexity index is 1430. The monoisotopic (exact) mass is 540 g/mol. The number of nitrogens with one attached hydrogen (secondary N) is 1. The smallest absolute Gasteiger partial charge is 0.266 e. The highest BCUT2D eigenvalue weighted by Crippen LogP contribution is 2.24. The summed E-state index contributed by atoms with van der Waals surface area (Å²) >= 11 is 3.54. The van der Waals surface area contributed by atoms with Crippen molar-refractivity contribution in [2.24, 2.45) is 0 Å². The van der Waals surface area contributed by atoms with E-state index in [1.807, 2.05) is 60.7 Å². The van der Waals surface area contributed by atoms with E-state index in [-0.39, 0.29) is 11.4 Å². The SMILES string of the molecule is N#C/C(=C\c1ccc(Cc2cccc(F)c2)c(Br)c1)C(=O)Nc1ccc(OCc2ccccc2)cc1. The quantitative estimate of drug-likeness (QED) is 0.188. The van der Waals surface area contributed by atoms with Crippen LogP contribution in [0.5, 0.6) is 5.75 Å². The number of rotatable bonds is 8. The molecule has 0 aliphatic carbocycles. The number of carbonyl (C=O) groups is 1. The molecule has 4 nitrogen and oxygen atoms in total. The van der Waals surface area contributed by atoms with E-state index in [1.54, 1.807) is 30.3 Å². The Balaban J connectivity index is 1.39. The molecule has 4 rings (SSSR count). The minimum Gasteiger partial charge on any atom is -0.489 e. The Morgan fingerprint density at radius 2 is 1.69 bits per heavy atom. The normalized spacial score (nSPS) is 11.0. The van der Waals surface area contributed by atoms with Crippen LogP contribution in [0.25, 0.3) is 6.08 Å². The molecular formula is C30H22BrFN2O2. The van der Waals surface area contributed by atoms with Gasteiger partial charge in [-0.15, -0.1) is 0 Å². The molecule has 0 radical (unpaired) electrons. The van der Waals surface area contributed by atoms with E-state index in [0.717, 1.165) is 21.2 Å². The maximum Gasteiger partial charge on any atom is 0.266 e. The van der Waals surface area contributed by atoms with Gasteiger partial charge in [0.05, 0.1) is 0 Å². The summed E-state index contributed by atoms with van der Waals surface area (Å²) < 4.78 is 20.0. The second kappa shape index (κ2) is 12.0. The van der Waals surface area contributed by atoms with E-state index < -0.39 is 5.91 Å². The van der Waals surface area contributed by atoms with Crippen molar-refractivity contribution in [1.29, 1.82) is 5.26 Å². The third kappa shape index (κ3) is 6.91. The van der Waals surface area contributed by atoms with Gasteiger partial charge in [-0.25, -0.2) is 4.39 Å². The van der Waals surface area contributed by atoms with E-state index in [2.05, 4.69) is 21.2 Å². The minimum atomic E-state index is -0.504. The molecule has 0 aliphatic rings. The lowest BCUT2D eigenvalue weighted by molar-refractivity contribution is -0.112. The molecule has 178 valence electrons. The van der Waals surface area contributed by atoms with Crippen molar-refractivity contribution >= 4 is 33.6 Å². The van der Waals surface area contributed by atoms with Crippen LogP contribution in [0, 0.1) is 17.1 Å². The Morgan fingerprint density at radius 3 is 2.39 bits per heavy atom. The van der Waals surface area contributed by atoms with Gasteiger partial charge in [-0.2, -0.15) is 5.26 Å². The van der Waals surface area contributed by atoms with Crippen molar-refractivity contribution in [1.82, 2.24) is 0 Å². The van der Waals surface area contributed by atoms with Crippen molar-refractivity contribution < 1.29 is 13.9 Å². The summed E-state index contributed by atoms with van der Waals surface area (Å²) in [5.74, 6) is -0.103. The fourth-order valence-electron chi connectivity index (χ4n) is 3.55. The van der Waals surface area contributed by atoms with Gasteiger partial charge in [-0.1, -0.05) is 70.5 Å². The van der Waals surface area contributed by atoms with E-state index in [0.29, 0.717) is 30.0 Å². The highest BCUT2D eigenvalue weighted by Gasteiger charge is 2.11. The number of amides is 1. The summed E-state index contributed by atoms with van der Waals surface area (Å²) in [4.78, 5) is 12.7. The van der Waals surface area contributed by atoms with E-state index in [1.165, 1.54) is 18.2 Å². The number of nitrogens with zero attached hydrogens (tertiary/aromatic N) is 1. The Labute approximate surface area is 217 Å². The Morgan fingerprint density at radius 1 is 0.944 bits per heavy atom. The molecule has 0 bridgehead atoms. The first-order valence-corrected chi connectivity index (χ1v) is 12.0. The fourth-order valence-corrected chi connectivity index (χ4v) is 4.09. The maximum atomic E-state index is 13.5. The number of halogens is 2. The topological polar surface area (TPSA) is 62.1 Å². The first-order chi connectivity index (χ1) is 17.5. The average Bonchev–Trinajstić information content (AvgIpc) is 2.89. The van der Waals surface area contributed by atoms with Crippen molar-refractivity contribution in [3.05, 3.63) is 135 Å². The van der Waals surface area contributed by atoms with Gasteiger partial charge in [0, 0.05) is 10.2 Å². The van der Waals surface area contributed by atoms with Gasteiger partial charge in [0.25, 0.3) is 5.91 Å². The summed E-state index contributed by atoms with van der Waals surface area (Å²) in [6, 6.07) is 30.8. The zero-order valence-electron chi connectivity index (χ0n) is 19.2. The van der Waals surface area contributed by atoms with E-state index >= 15 is 0 Å². The molecule has 0 unspecified atom stereocenters. The molecule has 0 saturated carbocycles. The number of anilines is 1. The standard InChI is InChI=1S/C30H22BrFN2O2/c31-29-18-23(9-10-24(29)15-22-7-4-8-26(32)17-22)16-25(19-33)30(35)34-27-11-13-28(14-12-27)36-20-21-5-2-1-3-6-21/h1-14,16-18H,15,20H2,(H,34,35)/b25-16+. The number of hydrogen-bond donors (Lipinski definition) is 1. The van der Waals surface area contributed by atoms with Gasteiger partial charge in [-0.05, 0) is 77.2 Å². The molecular weight excluding hydrogens is 519 g/mol. The number of nitriles is 1. The minimum absolute atomic E-state index is 0.0239. The van der Waals surface area contributed by atoms with Crippen LogP contribution in [-0.2, 0) is 17.8 Å². The van der Waals surface area contributed by atoms with Crippen molar-refractivity contribution in [3.8, 4) is 11.8 Å². The van der Waals surface area contributed by atoms with E-state index in [4.69, 9.17) is 4.74 Å². The highest BCUT2D eigenvalue weighted by atomic mass is 79.9. The van der Waals surface area contributed by atoms with Gasteiger partial charge in [-0.3, -0.25) is 4.79 Å². The molecule has 4 aromatic rings. The zero-order chi connectivity index (χ0) is 25.3. The van der Waals surface area contributed by atoms with Crippen LogP contribution in [0.1, 0.15) is 22.3 Å². The molecule has 4 aromatic carbocycles. The summed E-state index contributed by atoms with van der Waals surface area (Å²) in [5.41, 5.74) is 4.11. The van der Waals surface area contributed by atoms with Gasteiger partial charge in [0.2, 0.25) is 0 Å². The van der Waals surface area contributed by atoms with Crippen LogP contribution in [0.15, 0.2) is 107 Å². The predicted octanol–water partition coefficient (Wildman–Crippen LogP) is 7.30. The molecule has 0 saturated heterocycles. The third-order valence-electron chi connectivity index (χ3n) is 5.40. The second-order valence-corrected chi connectivity index (χ2v) is 8.93. The molecule has 0 spiro atoms. The van der Waals surface area contributed by atoms with Crippen LogP contribution in [0.4, 0.5) is 10.1 Å². The third-order valence-corrected chi connectivity index (χ3v) is 6.14. The van der Waals surface area contributed by atoms with Gasteiger partial charge < -0.3 is 10.1 Å². The molecule has 1 amide bonds. The zero-order valence-corrected chi connectivity index (χ0v) is 20.8. The van der Waals surface area contributed by atoms with E-state index in [9.17, 15) is 14.4 Å². The Kier molecular flexibility index (Phi) is 8.28. The van der Waals surface area contributed by atoms with Crippen molar-refractivity contribution in [3.63, 3.8) is 0 Å². The molecule has 36 heavy (non-hydrogen) atoms. The van der Waals surface area contributed by atoms with Crippen LogP contribution >= 0.6 is 15.9 Å². The van der Waals surface area contributed by atoms with Crippen LogP contribution in [-0.4, -0.2) is 5.91 Å². The number of carbonyl (C=O) groups excluding carboxylic acids is 1.